The fourth-order valence-electron chi connectivity index (χ4n) is 2.05. The minimum atomic E-state index is -0.928. The maximum absolute atomic E-state index is 12.3. The van der Waals surface area contributed by atoms with Gasteiger partial charge in [0.25, 0.3) is 0 Å². The van der Waals surface area contributed by atoms with Crippen LogP contribution in [-0.2, 0) is 6.54 Å². The van der Waals surface area contributed by atoms with Crippen molar-refractivity contribution < 1.29 is 5.11 Å². The van der Waals surface area contributed by atoms with Crippen LogP contribution in [0.4, 0.5) is 0 Å². The van der Waals surface area contributed by atoms with Gasteiger partial charge in [0.2, 0.25) is 0 Å². The lowest BCUT2D eigenvalue weighted by Crippen LogP contribution is -2.33. The number of aryl methyl sites for hydroxylation is 1. The summed E-state index contributed by atoms with van der Waals surface area (Å²) in [5.41, 5.74) is 0.488. The molecular formula is C14H17ClN2O2. The van der Waals surface area contributed by atoms with Gasteiger partial charge < -0.3 is 5.11 Å². The second-order valence-electron chi connectivity index (χ2n) is 5.31. The molecule has 5 heteroatoms. The maximum Gasteiger partial charge on any atom is 0.333 e. The molecule has 2 aromatic rings. The average molecular weight is 281 g/mol. The summed E-state index contributed by atoms with van der Waals surface area (Å²) < 4.78 is 3.12. The van der Waals surface area contributed by atoms with Gasteiger partial charge in [0, 0.05) is 16.9 Å². The fraction of sp³-hybridized carbons (Fsp3) is 0.357. The minimum absolute atomic E-state index is 0.165. The van der Waals surface area contributed by atoms with Crippen molar-refractivity contribution in [1.82, 2.24) is 9.13 Å². The van der Waals surface area contributed by atoms with E-state index >= 15 is 0 Å². The molecular weight excluding hydrogens is 264 g/mol. The molecule has 1 aromatic carbocycles. The molecule has 0 unspecified atom stereocenters. The van der Waals surface area contributed by atoms with Crippen molar-refractivity contribution in [2.24, 2.45) is 0 Å². The van der Waals surface area contributed by atoms with E-state index in [4.69, 9.17) is 11.6 Å². The summed E-state index contributed by atoms with van der Waals surface area (Å²) in [6.45, 7) is 5.47. The molecule has 19 heavy (non-hydrogen) atoms. The molecule has 0 aliphatic carbocycles. The minimum Gasteiger partial charge on any atom is -0.389 e. The first-order valence-electron chi connectivity index (χ1n) is 6.05. The number of rotatable bonds is 3. The molecule has 0 spiro atoms. The summed E-state index contributed by atoms with van der Waals surface area (Å²) in [4.78, 5) is 12.3. The first kappa shape index (κ1) is 13.9. The van der Waals surface area contributed by atoms with E-state index in [9.17, 15) is 9.90 Å². The third kappa shape index (κ3) is 3.08. The number of halogens is 1. The summed E-state index contributed by atoms with van der Waals surface area (Å²) in [7, 11) is 0. The molecule has 0 bridgehead atoms. The SMILES string of the molecule is Cc1cn(CC(C)(C)O)c(=O)n1-c1ccc(Cl)cc1. The first-order valence-corrected chi connectivity index (χ1v) is 6.43. The zero-order valence-electron chi connectivity index (χ0n) is 11.2. The Bertz CT molecular complexity index is 633. The van der Waals surface area contributed by atoms with E-state index in [1.54, 1.807) is 48.9 Å². The molecule has 2 rings (SSSR count). The average Bonchev–Trinajstić information content (AvgIpc) is 2.54. The predicted molar refractivity (Wildman–Crippen MR) is 76.1 cm³/mol. The normalized spacial score (nSPS) is 11.8. The number of benzene rings is 1. The highest BCUT2D eigenvalue weighted by molar-refractivity contribution is 6.30. The van der Waals surface area contributed by atoms with Gasteiger partial charge in [-0.15, -0.1) is 0 Å². The Kier molecular flexibility index (Phi) is 3.56. The van der Waals surface area contributed by atoms with E-state index < -0.39 is 5.60 Å². The van der Waals surface area contributed by atoms with Crippen molar-refractivity contribution in [1.29, 1.82) is 0 Å². The van der Waals surface area contributed by atoms with E-state index in [2.05, 4.69) is 0 Å². The topological polar surface area (TPSA) is 47.2 Å². The van der Waals surface area contributed by atoms with Gasteiger partial charge in [-0.1, -0.05) is 11.6 Å². The molecule has 0 atom stereocenters. The van der Waals surface area contributed by atoms with Gasteiger partial charge in [0.15, 0.2) is 0 Å². The molecule has 0 saturated heterocycles. The van der Waals surface area contributed by atoms with Crippen LogP contribution in [0.15, 0.2) is 35.3 Å². The Morgan fingerprint density at radius 1 is 1.26 bits per heavy atom. The highest BCUT2D eigenvalue weighted by Crippen LogP contribution is 2.14. The summed E-state index contributed by atoms with van der Waals surface area (Å²) >= 11 is 5.85. The molecule has 0 amide bonds. The Labute approximate surface area is 116 Å². The van der Waals surface area contributed by atoms with E-state index in [1.807, 2.05) is 6.92 Å². The van der Waals surface area contributed by atoms with Crippen LogP contribution < -0.4 is 5.69 Å². The van der Waals surface area contributed by atoms with Gasteiger partial charge in [0.1, 0.15) is 0 Å². The Morgan fingerprint density at radius 2 is 1.84 bits per heavy atom. The van der Waals surface area contributed by atoms with Gasteiger partial charge in [-0.05, 0) is 45.0 Å². The predicted octanol–water partition coefficient (Wildman–Crippen LogP) is 2.37. The van der Waals surface area contributed by atoms with Crippen molar-refractivity contribution in [2.75, 3.05) is 0 Å². The Hall–Kier alpha value is -1.52. The van der Waals surface area contributed by atoms with Crippen LogP contribution in [0.2, 0.25) is 5.02 Å². The van der Waals surface area contributed by atoms with Crippen molar-refractivity contribution in [3.63, 3.8) is 0 Å². The smallest absolute Gasteiger partial charge is 0.333 e. The van der Waals surface area contributed by atoms with E-state index in [0.29, 0.717) is 5.02 Å². The van der Waals surface area contributed by atoms with Gasteiger partial charge >= 0.3 is 5.69 Å². The van der Waals surface area contributed by atoms with Crippen LogP contribution in [0.25, 0.3) is 5.69 Å². The molecule has 0 radical (unpaired) electrons. The lowest BCUT2D eigenvalue weighted by atomic mass is 10.1. The second kappa shape index (κ2) is 4.87. The maximum atomic E-state index is 12.3. The number of imidazole rings is 1. The lowest BCUT2D eigenvalue weighted by molar-refractivity contribution is 0.0604. The lowest BCUT2D eigenvalue weighted by Gasteiger charge is -2.16. The second-order valence-corrected chi connectivity index (χ2v) is 5.74. The van der Waals surface area contributed by atoms with Gasteiger partial charge in [-0.25, -0.2) is 4.79 Å². The fourth-order valence-corrected chi connectivity index (χ4v) is 2.18. The third-order valence-electron chi connectivity index (χ3n) is 2.77. The summed E-state index contributed by atoms with van der Waals surface area (Å²) in [5, 5.41) is 10.4. The number of nitrogens with zero attached hydrogens (tertiary/aromatic N) is 2. The van der Waals surface area contributed by atoms with Gasteiger partial charge in [-0.2, -0.15) is 0 Å². The van der Waals surface area contributed by atoms with Crippen molar-refractivity contribution in [3.8, 4) is 5.69 Å². The molecule has 102 valence electrons. The Morgan fingerprint density at radius 3 is 2.37 bits per heavy atom. The quantitative estimate of drug-likeness (QED) is 0.938. The molecule has 0 fully saturated rings. The van der Waals surface area contributed by atoms with Crippen LogP contribution >= 0.6 is 11.6 Å². The van der Waals surface area contributed by atoms with Crippen LogP contribution in [0.1, 0.15) is 19.5 Å². The molecule has 1 heterocycles. The van der Waals surface area contributed by atoms with Crippen LogP contribution in [0, 0.1) is 6.92 Å². The monoisotopic (exact) mass is 280 g/mol. The summed E-state index contributed by atoms with van der Waals surface area (Å²) in [6, 6.07) is 7.09. The van der Waals surface area contributed by atoms with Crippen molar-refractivity contribution >= 4 is 11.6 Å². The Balaban J connectivity index is 2.48. The molecule has 0 saturated carbocycles. The highest BCUT2D eigenvalue weighted by Gasteiger charge is 2.17. The van der Waals surface area contributed by atoms with Crippen molar-refractivity contribution in [2.45, 2.75) is 32.9 Å². The highest BCUT2D eigenvalue weighted by atomic mass is 35.5. The van der Waals surface area contributed by atoms with Crippen LogP contribution in [0.3, 0.4) is 0 Å². The van der Waals surface area contributed by atoms with Gasteiger partial charge in [0.05, 0.1) is 17.8 Å². The zero-order chi connectivity index (χ0) is 14.2. The number of aliphatic hydroxyl groups is 1. The largest absolute Gasteiger partial charge is 0.389 e. The molecule has 4 nitrogen and oxygen atoms in total. The van der Waals surface area contributed by atoms with E-state index in [0.717, 1.165) is 11.4 Å². The van der Waals surface area contributed by atoms with E-state index in [-0.39, 0.29) is 12.2 Å². The number of hydrogen-bond acceptors (Lipinski definition) is 2. The van der Waals surface area contributed by atoms with Gasteiger partial charge in [-0.3, -0.25) is 9.13 Å². The zero-order valence-corrected chi connectivity index (χ0v) is 12.0. The summed E-state index contributed by atoms with van der Waals surface area (Å²) in [6.07, 6.45) is 1.74. The standard InChI is InChI=1S/C14H17ClN2O2/c1-10-8-16(9-14(2,3)19)13(18)17(10)12-6-4-11(15)5-7-12/h4-8,19H,9H2,1-3H3. The summed E-state index contributed by atoms with van der Waals surface area (Å²) in [5.74, 6) is 0. The number of aromatic nitrogens is 2. The van der Waals surface area contributed by atoms with Crippen molar-refractivity contribution in [3.05, 3.63) is 51.7 Å². The van der Waals surface area contributed by atoms with Crippen LogP contribution in [-0.4, -0.2) is 19.8 Å². The molecule has 1 aromatic heterocycles. The molecule has 1 N–H and O–H groups in total. The van der Waals surface area contributed by atoms with Crippen LogP contribution in [0.5, 0.6) is 0 Å². The first-order chi connectivity index (χ1) is 8.78. The third-order valence-corrected chi connectivity index (χ3v) is 3.03. The van der Waals surface area contributed by atoms with E-state index in [1.165, 1.54) is 4.57 Å². The molecule has 0 aliphatic heterocycles. The number of hydrogen-bond donors (Lipinski definition) is 1. The molecule has 0 aliphatic rings.